The van der Waals surface area contributed by atoms with E-state index in [9.17, 15) is 14.7 Å². The van der Waals surface area contributed by atoms with E-state index in [0.717, 1.165) is 12.8 Å². The Morgan fingerprint density at radius 1 is 1.27 bits per heavy atom. The van der Waals surface area contributed by atoms with Gasteiger partial charge in [0.25, 0.3) is 0 Å². The van der Waals surface area contributed by atoms with Crippen molar-refractivity contribution in [3.63, 3.8) is 0 Å². The van der Waals surface area contributed by atoms with E-state index in [1.807, 2.05) is 0 Å². The molecule has 0 aliphatic heterocycles. The molecule has 1 rings (SSSR count). The van der Waals surface area contributed by atoms with E-state index in [-0.39, 0.29) is 5.92 Å². The molecule has 0 saturated heterocycles. The molecule has 0 unspecified atom stereocenters. The molecule has 0 heterocycles. The van der Waals surface area contributed by atoms with Crippen LogP contribution in [-0.4, -0.2) is 22.3 Å². The average Bonchev–Trinajstić information content (AvgIpc) is 2.66. The van der Waals surface area contributed by atoms with Crippen molar-refractivity contribution in [3.05, 3.63) is 0 Å². The van der Waals surface area contributed by atoms with Crippen LogP contribution in [-0.2, 0) is 9.59 Å². The minimum Gasteiger partial charge on any atom is -0.374 e. The van der Waals surface area contributed by atoms with Crippen LogP contribution in [0.1, 0.15) is 26.7 Å². The molecule has 0 bridgehead atoms. The molecule has 62 valence electrons. The van der Waals surface area contributed by atoms with Crippen LogP contribution in [0.5, 0.6) is 0 Å². The summed E-state index contributed by atoms with van der Waals surface area (Å²) >= 11 is 0. The first-order valence-electron chi connectivity index (χ1n) is 3.74. The van der Waals surface area contributed by atoms with Gasteiger partial charge in [-0.05, 0) is 26.7 Å². The van der Waals surface area contributed by atoms with E-state index in [1.54, 1.807) is 0 Å². The first-order valence-corrected chi connectivity index (χ1v) is 3.74. The van der Waals surface area contributed by atoms with Crippen LogP contribution in [0.3, 0.4) is 0 Å². The van der Waals surface area contributed by atoms with Gasteiger partial charge in [-0.1, -0.05) is 0 Å². The predicted octanol–water partition coefficient (Wildman–Crippen LogP) is 0.306. The summed E-state index contributed by atoms with van der Waals surface area (Å²) in [4.78, 5) is 21.8. The van der Waals surface area contributed by atoms with Gasteiger partial charge in [-0.15, -0.1) is 0 Å². The highest BCUT2D eigenvalue weighted by atomic mass is 16.3. The second-order valence-corrected chi connectivity index (χ2v) is 3.15. The maximum absolute atomic E-state index is 10.9. The molecular formula is C8H12O3. The van der Waals surface area contributed by atoms with Crippen molar-refractivity contribution in [1.29, 1.82) is 0 Å². The molecule has 3 nitrogen and oxygen atoms in total. The van der Waals surface area contributed by atoms with Crippen LogP contribution in [0, 0.1) is 5.92 Å². The predicted molar refractivity (Wildman–Crippen MR) is 39.0 cm³/mol. The van der Waals surface area contributed by atoms with Crippen LogP contribution in [0.15, 0.2) is 0 Å². The SMILES string of the molecule is CC(=O)C(O)(C(C)=O)C1CC1. The molecule has 0 amide bonds. The Labute approximate surface area is 65.4 Å². The van der Waals surface area contributed by atoms with Crippen molar-refractivity contribution >= 4 is 11.6 Å². The fourth-order valence-electron chi connectivity index (χ4n) is 1.32. The molecule has 1 saturated carbocycles. The summed E-state index contributed by atoms with van der Waals surface area (Å²) in [7, 11) is 0. The van der Waals surface area contributed by atoms with E-state index in [2.05, 4.69) is 0 Å². The molecule has 1 aliphatic carbocycles. The van der Waals surface area contributed by atoms with E-state index in [1.165, 1.54) is 13.8 Å². The number of rotatable bonds is 3. The Bertz CT molecular complexity index is 189. The van der Waals surface area contributed by atoms with Crippen LogP contribution in [0.25, 0.3) is 0 Å². The van der Waals surface area contributed by atoms with Crippen LogP contribution < -0.4 is 0 Å². The third kappa shape index (κ3) is 1.20. The summed E-state index contributed by atoms with van der Waals surface area (Å²) in [5.41, 5.74) is -1.67. The highest BCUT2D eigenvalue weighted by molar-refractivity contribution is 6.08. The highest BCUT2D eigenvalue weighted by Crippen LogP contribution is 2.40. The number of carbonyl (C=O) groups is 2. The second-order valence-electron chi connectivity index (χ2n) is 3.15. The van der Waals surface area contributed by atoms with Gasteiger partial charge in [0.1, 0.15) is 0 Å². The lowest BCUT2D eigenvalue weighted by Gasteiger charge is -2.20. The largest absolute Gasteiger partial charge is 0.374 e. The number of hydrogen-bond donors (Lipinski definition) is 1. The van der Waals surface area contributed by atoms with Crippen molar-refractivity contribution in [3.8, 4) is 0 Å². The van der Waals surface area contributed by atoms with Gasteiger partial charge in [-0.25, -0.2) is 0 Å². The molecule has 1 fully saturated rings. The van der Waals surface area contributed by atoms with E-state index in [4.69, 9.17) is 0 Å². The molecule has 0 radical (unpaired) electrons. The van der Waals surface area contributed by atoms with E-state index in [0.29, 0.717) is 0 Å². The van der Waals surface area contributed by atoms with Gasteiger partial charge in [-0.3, -0.25) is 9.59 Å². The van der Waals surface area contributed by atoms with Gasteiger partial charge in [0.15, 0.2) is 17.2 Å². The fourth-order valence-corrected chi connectivity index (χ4v) is 1.32. The monoisotopic (exact) mass is 156 g/mol. The lowest BCUT2D eigenvalue weighted by Crippen LogP contribution is -2.46. The minimum absolute atomic E-state index is 0.113. The molecule has 0 aromatic rings. The van der Waals surface area contributed by atoms with E-state index < -0.39 is 17.2 Å². The van der Waals surface area contributed by atoms with Crippen molar-refractivity contribution in [2.45, 2.75) is 32.3 Å². The smallest absolute Gasteiger partial charge is 0.183 e. The zero-order valence-corrected chi connectivity index (χ0v) is 6.76. The fraction of sp³-hybridized carbons (Fsp3) is 0.750. The number of carbonyl (C=O) groups excluding carboxylic acids is 2. The standard InChI is InChI=1S/C8H12O3/c1-5(9)8(11,6(2)10)7-3-4-7/h7,11H,3-4H2,1-2H3. The Morgan fingerprint density at radius 3 is 1.73 bits per heavy atom. The van der Waals surface area contributed by atoms with Gasteiger partial charge in [-0.2, -0.15) is 0 Å². The van der Waals surface area contributed by atoms with E-state index >= 15 is 0 Å². The van der Waals surface area contributed by atoms with Gasteiger partial charge >= 0.3 is 0 Å². The minimum atomic E-state index is -1.67. The first kappa shape index (κ1) is 8.40. The number of aliphatic hydroxyl groups is 1. The summed E-state index contributed by atoms with van der Waals surface area (Å²) < 4.78 is 0. The summed E-state index contributed by atoms with van der Waals surface area (Å²) in [5.74, 6) is -0.961. The lowest BCUT2D eigenvalue weighted by atomic mass is 9.89. The van der Waals surface area contributed by atoms with Crippen molar-refractivity contribution < 1.29 is 14.7 Å². The summed E-state index contributed by atoms with van der Waals surface area (Å²) in [6.45, 7) is 2.53. The maximum atomic E-state index is 10.9. The normalized spacial score (nSPS) is 18.1. The molecule has 0 aromatic heterocycles. The Hall–Kier alpha value is -0.700. The Balaban J connectivity index is 2.86. The van der Waals surface area contributed by atoms with Crippen molar-refractivity contribution in [1.82, 2.24) is 0 Å². The van der Waals surface area contributed by atoms with Gasteiger partial charge in [0.05, 0.1) is 0 Å². The zero-order valence-electron chi connectivity index (χ0n) is 6.76. The molecule has 11 heavy (non-hydrogen) atoms. The van der Waals surface area contributed by atoms with Gasteiger partial charge in [0.2, 0.25) is 0 Å². The highest BCUT2D eigenvalue weighted by Gasteiger charge is 2.51. The van der Waals surface area contributed by atoms with Crippen LogP contribution in [0.2, 0.25) is 0 Å². The lowest BCUT2D eigenvalue weighted by molar-refractivity contribution is -0.150. The van der Waals surface area contributed by atoms with Gasteiger partial charge in [0, 0.05) is 5.92 Å². The number of hydrogen-bond acceptors (Lipinski definition) is 3. The van der Waals surface area contributed by atoms with Crippen LogP contribution >= 0.6 is 0 Å². The number of Topliss-reactive ketones (excluding diaryl/α,β-unsaturated/α-hetero) is 2. The average molecular weight is 156 g/mol. The first-order chi connectivity index (χ1) is 4.99. The topological polar surface area (TPSA) is 54.4 Å². The Morgan fingerprint density at radius 2 is 1.64 bits per heavy atom. The molecule has 3 heteroatoms. The molecule has 0 spiro atoms. The molecule has 1 N–H and O–H groups in total. The van der Waals surface area contributed by atoms with Crippen molar-refractivity contribution in [2.75, 3.05) is 0 Å². The third-order valence-corrected chi connectivity index (χ3v) is 2.24. The Kier molecular flexibility index (Phi) is 1.84. The zero-order chi connectivity index (χ0) is 8.65. The number of ketones is 2. The third-order valence-electron chi connectivity index (χ3n) is 2.24. The second kappa shape index (κ2) is 2.41. The summed E-state index contributed by atoms with van der Waals surface area (Å²) in [6.07, 6.45) is 1.57. The summed E-state index contributed by atoms with van der Waals surface area (Å²) in [6, 6.07) is 0. The molecule has 0 aromatic carbocycles. The summed E-state index contributed by atoms with van der Waals surface area (Å²) in [5, 5.41) is 9.61. The van der Waals surface area contributed by atoms with Crippen molar-refractivity contribution in [2.24, 2.45) is 5.92 Å². The molecule has 0 atom stereocenters. The van der Waals surface area contributed by atoms with Gasteiger partial charge < -0.3 is 5.11 Å². The molecule has 1 aliphatic rings. The van der Waals surface area contributed by atoms with Crippen LogP contribution in [0.4, 0.5) is 0 Å². The quantitative estimate of drug-likeness (QED) is 0.598. The molecular weight excluding hydrogens is 144 g/mol. The maximum Gasteiger partial charge on any atom is 0.183 e.